The molecule has 1 heterocycles. The molecule has 1 rings (SSSR count). The molecule has 0 saturated carbocycles. The first-order valence-electron chi connectivity index (χ1n) is 3.52. The smallest absolute Gasteiger partial charge is 0.0922 e. The minimum atomic E-state index is 0.917. The maximum absolute atomic E-state index is 7.00. The van der Waals surface area contributed by atoms with E-state index in [1.54, 1.807) is 0 Å². The summed E-state index contributed by atoms with van der Waals surface area (Å²) in [5, 5.41) is 7.00. The summed E-state index contributed by atoms with van der Waals surface area (Å²) in [7, 11) is 1.00. The van der Waals surface area contributed by atoms with E-state index in [-0.39, 0.29) is 0 Å². The molecule has 1 fully saturated rings. The Morgan fingerprint density at radius 3 is 2.00 bits per heavy atom. The maximum atomic E-state index is 7.00. The van der Waals surface area contributed by atoms with Crippen molar-refractivity contribution in [3.05, 3.63) is 0 Å². The molecule has 1 N–H and O–H groups in total. The lowest BCUT2D eigenvalue weighted by Gasteiger charge is -1.75. The van der Waals surface area contributed by atoms with Crippen molar-refractivity contribution in [3.63, 3.8) is 0 Å². The highest BCUT2D eigenvalue weighted by Gasteiger charge is 1.94. The summed E-state index contributed by atoms with van der Waals surface area (Å²) in [5.41, 5.74) is 0. The van der Waals surface area contributed by atoms with E-state index in [2.05, 4.69) is 13.8 Å². The van der Waals surface area contributed by atoms with Gasteiger partial charge in [-0.2, -0.15) is 0 Å². The summed E-state index contributed by atoms with van der Waals surface area (Å²) in [6.07, 6.45) is 1.25. The number of thioether (sulfide) groups is 1. The zero-order valence-corrected chi connectivity index (χ0v) is 7.91. The Morgan fingerprint density at radius 2 is 1.90 bits per heavy atom. The van der Waals surface area contributed by atoms with Gasteiger partial charge >= 0.3 is 0 Å². The molecule has 0 bridgehead atoms. The van der Waals surface area contributed by atoms with Crippen molar-refractivity contribution < 1.29 is 9.84 Å². The van der Waals surface area contributed by atoms with Crippen LogP contribution in [-0.2, 0) is 4.74 Å². The molecular formula is C7H18O2S. The molecule has 0 aromatic heterocycles. The number of aliphatic hydroxyl groups is 1. The third-order valence-corrected chi connectivity index (χ3v) is 1.33. The highest BCUT2D eigenvalue weighted by atomic mass is 32.2. The second-order valence-electron chi connectivity index (χ2n) is 1.64. The van der Waals surface area contributed by atoms with Crippen molar-refractivity contribution in [2.45, 2.75) is 20.3 Å². The Kier molecular flexibility index (Phi) is 20.8. The van der Waals surface area contributed by atoms with E-state index in [0.29, 0.717) is 0 Å². The zero-order chi connectivity index (χ0) is 8.24. The second-order valence-corrected chi connectivity index (χ2v) is 2.69. The molecule has 1 aliphatic heterocycles. The van der Waals surface area contributed by atoms with Gasteiger partial charge in [-0.25, -0.2) is 0 Å². The molecule has 3 heteroatoms. The first-order valence-corrected chi connectivity index (χ1v) is 4.67. The van der Waals surface area contributed by atoms with Crippen LogP contribution in [0.25, 0.3) is 0 Å². The average molecular weight is 166 g/mol. The fourth-order valence-electron chi connectivity index (χ4n) is 0.295. The van der Waals surface area contributed by atoms with Crippen LogP contribution < -0.4 is 0 Å². The SMILES string of the molecule is C1CSCO1.CCC.CO. The van der Waals surface area contributed by atoms with Gasteiger partial charge in [0.05, 0.1) is 12.5 Å². The third-order valence-electron chi connectivity index (χ3n) is 0.539. The van der Waals surface area contributed by atoms with E-state index in [0.717, 1.165) is 19.7 Å². The molecule has 1 saturated heterocycles. The summed E-state index contributed by atoms with van der Waals surface area (Å²) in [5.74, 6) is 2.11. The van der Waals surface area contributed by atoms with Gasteiger partial charge in [0, 0.05) is 12.9 Å². The molecule has 0 aliphatic carbocycles. The van der Waals surface area contributed by atoms with E-state index >= 15 is 0 Å². The van der Waals surface area contributed by atoms with Crippen LogP contribution in [0.1, 0.15) is 20.3 Å². The fraction of sp³-hybridized carbons (Fsp3) is 1.00. The van der Waals surface area contributed by atoms with Crippen molar-refractivity contribution in [2.75, 3.05) is 25.4 Å². The van der Waals surface area contributed by atoms with Gasteiger partial charge in [-0.05, 0) is 0 Å². The van der Waals surface area contributed by atoms with Crippen LogP contribution in [0.4, 0.5) is 0 Å². The van der Waals surface area contributed by atoms with Crippen molar-refractivity contribution in [1.29, 1.82) is 0 Å². The van der Waals surface area contributed by atoms with Gasteiger partial charge in [0.25, 0.3) is 0 Å². The molecule has 0 atom stereocenters. The van der Waals surface area contributed by atoms with Crippen LogP contribution >= 0.6 is 11.8 Å². The predicted octanol–water partition coefficient (Wildman–Crippen LogP) is 1.73. The van der Waals surface area contributed by atoms with Gasteiger partial charge in [0.15, 0.2) is 0 Å². The Hall–Kier alpha value is 0.270. The van der Waals surface area contributed by atoms with E-state index in [4.69, 9.17) is 9.84 Å². The van der Waals surface area contributed by atoms with Crippen molar-refractivity contribution in [2.24, 2.45) is 0 Å². The summed E-state index contributed by atoms with van der Waals surface area (Å²) in [6, 6.07) is 0. The molecule has 0 aromatic carbocycles. The van der Waals surface area contributed by atoms with Crippen LogP contribution in [0.2, 0.25) is 0 Å². The van der Waals surface area contributed by atoms with Gasteiger partial charge in [0.1, 0.15) is 0 Å². The number of ether oxygens (including phenoxy) is 1. The highest BCUT2D eigenvalue weighted by molar-refractivity contribution is 7.99. The molecule has 2 nitrogen and oxygen atoms in total. The highest BCUT2D eigenvalue weighted by Crippen LogP contribution is 2.06. The lowest BCUT2D eigenvalue weighted by atomic mass is 10.6. The Bertz CT molecular complexity index is 31.0. The average Bonchev–Trinajstić information content (AvgIpc) is 2.48. The van der Waals surface area contributed by atoms with Gasteiger partial charge < -0.3 is 9.84 Å². The lowest BCUT2D eigenvalue weighted by molar-refractivity contribution is 0.217. The summed E-state index contributed by atoms with van der Waals surface area (Å²) >= 11 is 1.85. The molecule has 0 spiro atoms. The molecule has 1 aliphatic rings. The van der Waals surface area contributed by atoms with Gasteiger partial charge in [-0.15, -0.1) is 11.8 Å². The summed E-state index contributed by atoms with van der Waals surface area (Å²) < 4.78 is 4.91. The largest absolute Gasteiger partial charge is 0.400 e. The third kappa shape index (κ3) is 15.7. The molecule has 0 radical (unpaired) electrons. The first kappa shape index (κ1) is 12.9. The predicted molar refractivity (Wildman–Crippen MR) is 47.4 cm³/mol. The van der Waals surface area contributed by atoms with Gasteiger partial charge in [-0.3, -0.25) is 0 Å². The van der Waals surface area contributed by atoms with Crippen molar-refractivity contribution >= 4 is 11.8 Å². The van der Waals surface area contributed by atoms with E-state index in [9.17, 15) is 0 Å². The first-order chi connectivity index (χ1) is 4.91. The Labute approximate surface area is 68.0 Å². The fourth-order valence-corrected chi connectivity index (χ4v) is 0.884. The Morgan fingerprint density at radius 1 is 1.40 bits per heavy atom. The van der Waals surface area contributed by atoms with Crippen LogP contribution in [0.5, 0.6) is 0 Å². The van der Waals surface area contributed by atoms with Gasteiger partial charge in [0.2, 0.25) is 0 Å². The zero-order valence-electron chi connectivity index (χ0n) is 7.09. The standard InChI is InChI=1S/C3H6OS.C3H8.CH4O/c1-2-5-3-4-1;1-3-2;1-2/h1-3H2;3H2,1-2H3;2H,1H3. The quantitative estimate of drug-likeness (QED) is 0.594. The van der Waals surface area contributed by atoms with Crippen molar-refractivity contribution in [3.8, 4) is 0 Å². The van der Waals surface area contributed by atoms with Crippen LogP contribution in [0.3, 0.4) is 0 Å². The second kappa shape index (κ2) is 16.1. The topological polar surface area (TPSA) is 29.5 Å². The number of hydrogen-bond donors (Lipinski definition) is 1. The number of hydrogen-bond acceptors (Lipinski definition) is 3. The normalized spacial score (nSPS) is 14.4. The monoisotopic (exact) mass is 166 g/mol. The van der Waals surface area contributed by atoms with E-state index < -0.39 is 0 Å². The number of aliphatic hydroxyl groups excluding tert-OH is 1. The molecule has 0 aromatic rings. The summed E-state index contributed by atoms with van der Waals surface area (Å²) in [4.78, 5) is 0. The minimum Gasteiger partial charge on any atom is -0.400 e. The van der Waals surface area contributed by atoms with Crippen LogP contribution in [-0.4, -0.2) is 30.5 Å². The van der Waals surface area contributed by atoms with Gasteiger partial charge in [-0.1, -0.05) is 20.3 Å². The molecule has 0 amide bonds. The van der Waals surface area contributed by atoms with Crippen LogP contribution in [0, 0.1) is 0 Å². The lowest BCUT2D eigenvalue weighted by Crippen LogP contribution is -1.77. The van der Waals surface area contributed by atoms with E-state index in [1.165, 1.54) is 12.2 Å². The summed E-state index contributed by atoms with van der Waals surface area (Å²) in [6.45, 7) is 5.21. The molecular weight excluding hydrogens is 148 g/mol. The number of rotatable bonds is 0. The van der Waals surface area contributed by atoms with E-state index in [1.807, 2.05) is 11.8 Å². The maximum Gasteiger partial charge on any atom is 0.0922 e. The molecule has 64 valence electrons. The van der Waals surface area contributed by atoms with Crippen LogP contribution in [0.15, 0.2) is 0 Å². The molecule has 0 unspecified atom stereocenters. The Balaban J connectivity index is 0. The minimum absolute atomic E-state index is 0.917. The molecule has 10 heavy (non-hydrogen) atoms. The van der Waals surface area contributed by atoms with Crippen molar-refractivity contribution in [1.82, 2.24) is 0 Å².